The Morgan fingerprint density at radius 3 is 2.50 bits per heavy atom. The standard InChI is InChI=1S/C11H9NO4/c13-10(14)8-5-6-12(11(15)16)9-4-2-1-3-7(8)9/h1-6,8H,(H,13,14)(H,15,16). The van der Waals surface area contributed by atoms with Crippen molar-refractivity contribution in [3.05, 3.63) is 42.1 Å². The predicted molar refractivity (Wildman–Crippen MR) is 56.5 cm³/mol. The van der Waals surface area contributed by atoms with Crippen molar-refractivity contribution in [2.75, 3.05) is 4.90 Å². The number of benzene rings is 1. The molecule has 1 aliphatic heterocycles. The van der Waals surface area contributed by atoms with Gasteiger partial charge in [0.1, 0.15) is 5.92 Å². The summed E-state index contributed by atoms with van der Waals surface area (Å²) in [5.74, 6) is -1.78. The number of aliphatic carboxylic acids is 1. The lowest BCUT2D eigenvalue weighted by atomic mass is 9.94. The van der Waals surface area contributed by atoms with Gasteiger partial charge in [0.2, 0.25) is 0 Å². The number of para-hydroxylation sites is 1. The fourth-order valence-corrected chi connectivity index (χ4v) is 1.71. The summed E-state index contributed by atoms with van der Waals surface area (Å²) in [7, 11) is 0. The number of carboxylic acid groups (broad SMARTS) is 2. The molecule has 1 amide bonds. The first-order chi connectivity index (χ1) is 7.61. The molecular formula is C11H9NO4. The molecule has 0 saturated carbocycles. The summed E-state index contributed by atoms with van der Waals surface area (Å²) >= 11 is 0. The Labute approximate surface area is 91.2 Å². The molecule has 2 rings (SSSR count). The zero-order chi connectivity index (χ0) is 11.7. The average molecular weight is 219 g/mol. The molecule has 5 nitrogen and oxygen atoms in total. The van der Waals surface area contributed by atoms with Gasteiger partial charge in [-0.1, -0.05) is 18.2 Å². The van der Waals surface area contributed by atoms with Gasteiger partial charge in [-0.2, -0.15) is 0 Å². The third kappa shape index (κ3) is 1.52. The van der Waals surface area contributed by atoms with E-state index in [2.05, 4.69) is 0 Å². The van der Waals surface area contributed by atoms with Crippen LogP contribution in [0.2, 0.25) is 0 Å². The molecule has 1 atom stereocenters. The van der Waals surface area contributed by atoms with Gasteiger partial charge in [-0.15, -0.1) is 0 Å². The van der Waals surface area contributed by atoms with Gasteiger partial charge in [0.25, 0.3) is 0 Å². The number of hydrogen-bond acceptors (Lipinski definition) is 2. The van der Waals surface area contributed by atoms with Crippen molar-refractivity contribution in [1.29, 1.82) is 0 Å². The minimum atomic E-state index is -1.13. The van der Waals surface area contributed by atoms with Crippen molar-refractivity contribution in [3.63, 3.8) is 0 Å². The predicted octanol–water partition coefficient (Wildman–Crippen LogP) is 1.87. The Bertz CT molecular complexity index is 438. The molecule has 0 spiro atoms. The smallest absolute Gasteiger partial charge is 0.415 e. The highest BCUT2D eigenvalue weighted by molar-refractivity contribution is 5.93. The van der Waals surface area contributed by atoms with Crippen LogP contribution in [0.4, 0.5) is 10.5 Å². The van der Waals surface area contributed by atoms with E-state index >= 15 is 0 Å². The number of hydrogen-bond donors (Lipinski definition) is 2. The van der Waals surface area contributed by atoms with E-state index in [-0.39, 0.29) is 0 Å². The Kier molecular flexibility index (Phi) is 2.36. The third-order valence-electron chi connectivity index (χ3n) is 2.43. The zero-order valence-electron chi connectivity index (χ0n) is 8.20. The van der Waals surface area contributed by atoms with E-state index in [0.29, 0.717) is 11.3 Å². The van der Waals surface area contributed by atoms with Gasteiger partial charge in [-0.3, -0.25) is 9.69 Å². The van der Waals surface area contributed by atoms with E-state index in [9.17, 15) is 9.59 Å². The first-order valence-corrected chi connectivity index (χ1v) is 4.63. The Balaban J connectivity index is 2.54. The molecule has 1 aromatic carbocycles. The van der Waals surface area contributed by atoms with Crippen molar-refractivity contribution in [3.8, 4) is 0 Å². The Morgan fingerprint density at radius 2 is 1.88 bits per heavy atom. The maximum absolute atomic E-state index is 11.0. The van der Waals surface area contributed by atoms with E-state index in [1.54, 1.807) is 24.3 Å². The Hall–Kier alpha value is -2.30. The van der Waals surface area contributed by atoms with E-state index in [1.807, 2.05) is 0 Å². The number of fused-ring (bicyclic) bond motifs is 1. The molecule has 0 aliphatic carbocycles. The first kappa shape index (κ1) is 10.2. The van der Waals surface area contributed by atoms with Crippen LogP contribution in [0.3, 0.4) is 0 Å². The zero-order valence-corrected chi connectivity index (χ0v) is 8.20. The summed E-state index contributed by atoms with van der Waals surface area (Å²) in [5, 5.41) is 17.9. The van der Waals surface area contributed by atoms with Gasteiger partial charge in [-0.25, -0.2) is 4.79 Å². The average Bonchev–Trinajstić information content (AvgIpc) is 2.27. The number of rotatable bonds is 1. The molecule has 5 heteroatoms. The molecule has 0 radical (unpaired) electrons. The highest BCUT2D eigenvalue weighted by Gasteiger charge is 2.27. The van der Waals surface area contributed by atoms with Gasteiger partial charge in [-0.05, 0) is 17.7 Å². The quantitative estimate of drug-likeness (QED) is 0.755. The lowest BCUT2D eigenvalue weighted by Gasteiger charge is -2.25. The summed E-state index contributed by atoms with van der Waals surface area (Å²) in [4.78, 5) is 22.9. The van der Waals surface area contributed by atoms with Gasteiger partial charge in [0, 0.05) is 6.20 Å². The van der Waals surface area contributed by atoms with Crippen LogP contribution in [0.25, 0.3) is 0 Å². The van der Waals surface area contributed by atoms with Crippen LogP contribution in [0.1, 0.15) is 11.5 Å². The molecular weight excluding hydrogens is 210 g/mol. The molecule has 82 valence electrons. The summed E-state index contributed by atoms with van der Waals surface area (Å²) < 4.78 is 0. The van der Waals surface area contributed by atoms with Crippen LogP contribution >= 0.6 is 0 Å². The van der Waals surface area contributed by atoms with Crippen LogP contribution in [0.15, 0.2) is 36.5 Å². The van der Waals surface area contributed by atoms with Crippen LogP contribution < -0.4 is 4.90 Å². The number of carboxylic acids is 1. The van der Waals surface area contributed by atoms with E-state index in [0.717, 1.165) is 4.90 Å². The molecule has 1 aromatic rings. The largest absolute Gasteiger partial charge is 0.481 e. The molecule has 2 N–H and O–H groups in total. The summed E-state index contributed by atoms with van der Waals surface area (Å²) in [6.07, 6.45) is 1.50. The van der Waals surface area contributed by atoms with Crippen molar-refractivity contribution in [2.24, 2.45) is 0 Å². The lowest BCUT2D eigenvalue weighted by Crippen LogP contribution is -2.28. The molecule has 1 aliphatic rings. The van der Waals surface area contributed by atoms with E-state index in [1.165, 1.54) is 12.3 Å². The second-order valence-corrected chi connectivity index (χ2v) is 3.37. The number of carbonyl (C=O) groups is 2. The van der Waals surface area contributed by atoms with Crippen molar-refractivity contribution >= 4 is 17.7 Å². The van der Waals surface area contributed by atoms with Crippen LogP contribution in [0.5, 0.6) is 0 Å². The monoisotopic (exact) mass is 219 g/mol. The van der Waals surface area contributed by atoms with Gasteiger partial charge in [0.15, 0.2) is 0 Å². The van der Waals surface area contributed by atoms with Crippen LogP contribution in [-0.4, -0.2) is 22.3 Å². The fourth-order valence-electron chi connectivity index (χ4n) is 1.71. The van der Waals surface area contributed by atoms with Crippen molar-refractivity contribution in [1.82, 2.24) is 0 Å². The van der Waals surface area contributed by atoms with Crippen LogP contribution in [0, 0.1) is 0 Å². The molecule has 16 heavy (non-hydrogen) atoms. The Morgan fingerprint density at radius 1 is 1.19 bits per heavy atom. The second-order valence-electron chi connectivity index (χ2n) is 3.37. The number of anilines is 1. The maximum Gasteiger partial charge on any atom is 0.415 e. The third-order valence-corrected chi connectivity index (χ3v) is 2.43. The number of amides is 1. The van der Waals surface area contributed by atoms with Crippen molar-refractivity contribution in [2.45, 2.75) is 5.92 Å². The highest BCUT2D eigenvalue weighted by Crippen LogP contribution is 2.33. The van der Waals surface area contributed by atoms with E-state index < -0.39 is 18.0 Å². The molecule has 0 bridgehead atoms. The van der Waals surface area contributed by atoms with Gasteiger partial charge < -0.3 is 10.2 Å². The molecule has 0 saturated heterocycles. The van der Waals surface area contributed by atoms with Crippen LogP contribution in [-0.2, 0) is 4.79 Å². The van der Waals surface area contributed by atoms with Crippen molar-refractivity contribution < 1.29 is 19.8 Å². The lowest BCUT2D eigenvalue weighted by molar-refractivity contribution is -0.137. The summed E-state index contributed by atoms with van der Waals surface area (Å²) in [6.45, 7) is 0. The highest BCUT2D eigenvalue weighted by atomic mass is 16.4. The van der Waals surface area contributed by atoms with E-state index in [4.69, 9.17) is 10.2 Å². The number of nitrogens with zero attached hydrogens (tertiary/aromatic N) is 1. The second kappa shape index (κ2) is 3.69. The first-order valence-electron chi connectivity index (χ1n) is 4.63. The van der Waals surface area contributed by atoms with Gasteiger partial charge >= 0.3 is 12.1 Å². The molecule has 1 unspecified atom stereocenters. The summed E-state index contributed by atoms with van der Waals surface area (Å²) in [5.41, 5.74) is 0.879. The molecule has 1 heterocycles. The molecule has 0 fully saturated rings. The molecule has 0 aromatic heterocycles. The normalized spacial score (nSPS) is 18.0. The fraction of sp³-hybridized carbons (Fsp3) is 0.0909. The SMILES string of the molecule is O=C(O)C1C=CN(C(=O)O)c2ccccc21. The topological polar surface area (TPSA) is 77.8 Å². The summed E-state index contributed by atoms with van der Waals surface area (Å²) in [6, 6.07) is 6.57. The minimum Gasteiger partial charge on any atom is -0.481 e. The maximum atomic E-state index is 11.0. The minimum absolute atomic E-state index is 0.393. The van der Waals surface area contributed by atoms with Gasteiger partial charge in [0.05, 0.1) is 5.69 Å².